The first kappa shape index (κ1) is 26.1. The molecule has 0 aromatic heterocycles. The number of ether oxygens (including phenoxy) is 4. The highest BCUT2D eigenvalue weighted by Gasteiger charge is 2.32. The zero-order chi connectivity index (χ0) is 25.5. The van der Waals surface area contributed by atoms with Crippen LogP contribution in [-0.4, -0.2) is 67.5 Å². The molecule has 2 N–H and O–H groups in total. The van der Waals surface area contributed by atoms with Crippen LogP contribution < -0.4 is 24.3 Å². The van der Waals surface area contributed by atoms with E-state index in [2.05, 4.69) is 24.1 Å². The minimum Gasteiger partial charge on any atom is -0.497 e. The van der Waals surface area contributed by atoms with Crippen LogP contribution in [0, 0.1) is 0 Å². The lowest BCUT2D eigenvalue weighted by Gasteiger charge is -2.42. The van der Waals surface area contributed by atoms with Gasteiger partial charge in [-0.3, -0.25) is 9.69 Å². The van der Waals surface area contributed by atoms with E-state index in [1.54, 1.807) is 7.11 Å². The first-order valence-corrected chi connectivity index (χ1v) is 12.8. The second kappa shape index (κ2) is 12.3. The Balaban J connectivity index is 0.00000380. The van der Waals surface area contributed by atoms with Gasteiger partial charge in [-0.25, -0.2) is 0 Å². The van der Waals surface area contributed by atoms with Crippen molar-refractivity contribution in [3.05, 3.63) is 48.0 Å². The van der Waals surface area contributed by atoms with Crippen LogP contribution in [0.4, 0.5) is 0 Å². The fourth-order valence-electron chi connectivity index (χ4n) is 4.97. The van der Waals surface area contributed by atoms with E-state index in [1.807, 2.05) is 42.5 Å². The van der Waals surface area contributed by atoms with E-state index in [4.69, 9.17) is 18.9 Å². The van der Waals surface area contributed by atoms with E-state index >= 15 is 0 Å². The van der Waals surface area contributed by atoms with Crippen molar-refractivity contribution in [2.45, 2.75) is 63.8 Å². The van der Waals surface area contributed by atoms with Crippen LogP contribution in [0.15, 0.2) is 42.5 Å². The number of carbonyl (C=O) groups is 1. The molecule has 1 amide bonds. The second-order valence-corrected chi connectivity index (χ2v) is 9.62. The molecule has 4 atom stereocenters. The van der Waals surface area contributed by atoms with Gasteiger partial charge in [0.2, 0.25) is 5.91 Å². The Kier molecular flexibility index (Phi) is 8.93. The molecule has 36 heavy (non-hydrogen) atoms. The van der Waals surface area contributed by atoms with E-state index in [1.165, 1.54) is 6.42 Å². The topological polar surface area (TPSA) is 89.5 Å². The fourth-order valence-corrected chi connectivity index (χ4v) is 4.97. The van der Waals surface area contributed by atoms with Crippen molar-refractivity contribution in [3.63, 3.8) is 0 Å². The smallest absolute Gasteiger partial charge is 0.223 e. The summed E-state index contributed by atoms with van der Waals surface area (Å²) in [6.07, 6.45) is 2.71. The van der Waals surface area contributed by atoms with Crippen molar-refractivity contribution >= 4 is 5.91 Å². The average Bonchev–Trinajstić information content (AvgIpc) is 2.90. The van der Waals surface area contributed by atoms with Gasteiger partial charge in [-0.1, -0.05) is 12.5 Å². The Morgan fingerprint density at radius 2 is 1.75 bits per heavy atom. The van der Waals surface area contributed by atoms with Gasteiger partial charge >= 0.3 is 0 Å². The summed E-state index contributed by atoms with van der Waals surface area (Å²) in [6.45, 7) is 6.21. The maximum Gasteiger partial charge on any atom is 0.223 e. The molecule has 0 spiro atoms. The number of likely N-dealkylation sites (tertiary alicyclic amines) is 1. The van der Waals surface area contributed by atoms with Gasteiger partial charge in [-0.05, 0) is 68.7 Å². The van der Waals surface area contributed by atoms with Gasteiger partial charge in [0.25, 0.3) is 0 Å². The maximum absolute atomic E-state index is 12.9. The fraction of sp³-hybridized carbons (Fsp3) is 0.536. The number of fused-ring (bicyclic) bond motifs is 1. The predicted molar refractivity (Wildman–Crippen MR) is 139 cm³/mol. The number of carbonyl (C=O) groups excluding carboxylic acids is 1. The lowest BCUT2D eigenvalue weighted by atomic mass is 9.94. The molecule has 1 fully saturated rings. The Hall–Kier alpha value is -2.97. The number of methoxy groups -OCH3 is 1. The number of aliphatic hydroxyl groups excluding tert-OH is 1. The molecule has 2 aromatic rings. The normalized spacial score (nSPS) is 21.3. The molecule has 2 aromatic carbocycles. The minimum absolute atomic E-state index is 0. The van der Waals surface area contributed by atoms with Crippen molar-refractivity contribution in [3.8, 4) is 23.0 Å². The van der Waals surface area contributed by atoms with Crippen molar-refractivity contribution in [2.24, 2.45) is 0 Å². The molecule has 198 valence electrons. The van der Waals surface area contributed by atoms with Crippen molar-refractivity contribution in [2.75, 3.05) is 33.5 Å². The van der Waals surface area contributed by atoms with Gasteiger partial charge in [0.05, 0.1) is 26.2 Å². The van der Waals surface area contributed by atoms with Crippen LogP contribution in [0.25, 0.3) is 0 Å². The monoisotopic (exact) mass is 500 g/mol. The maximum atomic E-state index is 12.9. The van der Waals surface area contributed by atoms with Crippen LogP contribution in [0.3, 0.4) is 0 Å². The van der Waals surface area contributed by atoms with Crippen LogP contribution in [0.2, 0.25) is 0 Å². The summed E-state index contributed by atoms with van der Waals surface area (Å²) in [5, 5.41) is 14.5. The summed E-state index contributed by atoms with van der Waals surface area (Å²) in [6, 6.07) is 13.0. The second-order valence-electron chi connectivity index (χ2n) is 9.62. The van der Waals surface area contributed by atoms with Crippen molar-refractivity contribution in [1.29, 1.82) is 0 Å². The summed E-state index contributed by atoms with van der Waals surface area (Å²) in [4.78, 5) is 15.3. The van der Waals surface area contributed by atoms with Gasteiger partial charge in [0, 0.05) is 20.1 Å². The van der Waals surface area contributed by atoms with E-state index in [0.29, 0.717) is 54.7 Å². The minimum atomic E-state index is -0.895. The first-order valence-electron chi connectivity index (χ1n) is 12.8. The number of nitrogens with one attached hydrogen (secondary N) is 1. The number of rotatable bonds is 10. The van der Waals surface area contributed by atoms with Crippen LogP contribution in [0.1, 0.15) is 52.6 Å². The molecular formula is C28H40N2O6. The largest absolute Gasteiger partial charge is 0.497 e. The highest BCUT2D eigenvalue weighted by molar-refractivity contribution is 5.76. The quantitative estimate of drug-likeness (QED) is 0.510. The number of benzene rings is 2. The molecule has 8 heteroatoms. The van der Waals surface area contributed by atoms with Gasteiger partial charge in [0.15, 0.2) is 11.5 Å². The third-order valence-corrected chi connectivity index (χ3v) is 7.08. The number of hydrogen-bond acceptors (Lipinski definition) is 7. The zero-order valence-electron chi connectivity index (χ0n) is 21.4. The molecule has 2 unspecified atom stereocenters. The van der Waals surface area contributed by atoms with Crippen LogP contribution in [0.5, 0.6) is 23.0 Å². The molecule has 4 rings (SSSR count). The Labute approximate surface area is 215 Å². The molecule has 0 saturated carbocycles. The first-order chi connectivity index (χ1) is 17.4. The number of aliphatic hydroxyl groups is 1. The third kappa shape index (κ3) is 6.62. The summed E-state index contributed by atoms with van der Waals surface area (Å²) in [7, 11) is 1.61. The van der Waals surface area contributed by atoms with E-state index in [-0.39, 0.29) is 20.4 Å². The molecular weight excluding hydrogens is 460 g/mol. The third-order valence-electron chi connectivity index (χ3n) is 7.08. The molecule has 0 radical (unpaired) electrons. The number of amides is 1. The summed E-state index contributed by atoms with van der Waals surface area (Å²) < 4.78 is 22.2. The molecule has 0 aliphatic carbocycles. The van der Waals surface area contributed by atoms with E-state index < -0.39 is 12.1 Å². The van der Waals surface area contributed by atoms with Crippen LogP contribution in [-0.2, 0) is 4.79 Å². The number of hydrogen-bond donors (Lipinski definition) is 2. The van der Waals surface area contributed by atoms with Gasteiger partial charge in [-0.15, -0.1) is 0 Å². The standard InChI is InChI=1S/C28H38N2O6.H2/c1-19-5-4-6-20(2)30(19)18-24(28(32)21-7-12-25-26(17-21)36-16-15-35-25)29-27(31)13-14-34-23-10-8-22(33-3)9-11-23;/h7-12,17,19-20,24,28,32H,4-6,13-16,18H2,1-3H3,(H,29,31);1H/t19?,20?,24-,28+;/m1./s1. The van der Waals surface area contributed by atoms with Gasteiger partial charge in [-0.2, -0.15) is 0 Å². The Morgan fingerprint density at radius 1 is 1.08 bits per heavy atom. The Bertz CT molecular complexity index is 995. The van der Waals surface area contributed by atoms with Gasteiger partial charge < -0.3 is 29.4 Å². The Morgan fingerprint density at radius 3 is 2.44 bits per heavy atom. The van der Waals surface area contributed by atoms with Crippen molar-refractivity contribution < 1.29 is 30.3 Å². The highest BCUT2D eigenvalue weighted by Crippen LogP contribution is 2.34. The molecule has 2 aliphatic heterocycles. The molecule has 2 aliphatic rings. The van der Waals surface area contributed by atoms with Crippen molar-refractivity contribution in [1.82, 2.24) is 10.2 Å². The summed E-state index contributed by atoms with van der Waals surface area (Å²) >= 11 is 0. The molecule has 8 nitrogen and oxygen atoms in total. The van der Waals surface area contributed by atoms with Crippen LogP contribution >= 0.6 is 0 Å². The number of piperidine rings is 1. The average molecular weight is 501 g/mol. The highest BCUT2D eigenvalue weighted by atomic mass is 16.6. The zero-order valence-corrected chi connectivity index (χ0v) is 21.4. The molecule has 2 heterocycles. The SMILES string of the molecule is COc1ccc(OCCC(=O)N[C@H](CN2C(C)CCCC2C)[C@@H](O)c2ccc3c(c2)OCCO3)cc1.[HH]. The predicted octanol–water partition coefficient (Wildman–Crippen LogP) is 3.96. The van der Waals surface area contributed by atoms with E-state index in [9.17, 15) is 9.90 Å². The lowest BCUT2D eigenvalue weighted by molar-refractivity contribution is -0.123. The lowest BCUT2D eigenvalue weighted by Crippen LogP contribution is -2.53. The molecule has 1 saturated heterocycles. The van der Waals surface area contributed by atoms with Gasteiger partial charge in [0.1, 0.15) is 30.8 Å². The summed E-state index contributed by atoms with van der Waals surface area (Å²) in [5.41, 5.74) is 0.691. The van der Waals surface area contributed by atoms with E-state index in [0.717, 1.165) is 18.6 Å². The number of nitrogens with zero attached hydrogens (tertiary/aromatic N) is 1. The summed E-state index contributed by atoms with van der Waals surface area (Å²) in [5.74, 6) is 2.55. The molecule has 0 bridgehead atoms.